The van der Waals surface area contributed by atoms with Gasteiger partial charge < -0.3 is 9.47 Å². The Labute approximate surface area is 125 Å². The van der Waals surface area contributed by atoms with E-state index in [9.17, 15) is 8.78 Å². The van der Waals surface area contributed by atoms with Crippen LogP contribution in [0, 0.1) is 17.8 Å². The molecule has 0 unspecified atom stereocenters. The molecule has 1 aliphatic heterocycles. The second kappa shape index (κ2) is 7.19. The van der Waals surface area contributed by atoms with E-state index in [4.69, 9.17) is 9.47 Å². The van der Waals surface area contributed by atoms with Crippen molar-refractivity contribution in [1.82, 2.24) is 0 Å². The van der Waals surface area contributed by atoms with Crippen LogP contribution in [0.1, 0.15) is 57.8 Å². The Balaban J connectivity index is 1.44. The first-order valence-corrected chi connectivity index (χ1v) is 8.50. The normalized spacial score (nSPS) is 35.7. The summed E-state index contributed by atoms with van der Waals surface area (Å²) < 4.78 is 36.7. The van der Waals surface area contributed by atoms with E-state index in [1.807, 2.05) is 0 Å². The van der Waals surface area contributed by atoms with Gasteiger partial charge in [0.15, 0.2) is 6.29 Å². The first kappa shape index (κ1) is 15.4. The summed E-state index contributed by atoms with van der Waals surface area (Å²) in [6.07, 6.45) is 7.52. The molecule has 0 aromatic carbocycles. The summed E-state index contributed by atoms with van der Waals surface area (Å²) in [6, 6.07) is 0. The van der Waals surface area contributed by atoms with Crippen LogP contribution in [-0.2, 0) is 9.47 Å². The third-order valence-electron chi connectivity index (χ3n) is 5.62. The molecule has 3 rings (SSSR count). The molecule has 0 spiro atoms. The minimum atomic E-state index is -1.43. The first-order valence-electron chi connectivity index (χ1n) is 8.50. The van der Waals surface area contributed by atoms with Gasteiger partial charge in [-0.15, -0.1) is 0 Å². The van der Waals surface area contributed by atoms with E-state index < -0.39 is 6.08 Å². The lowest BCUT2D eigenvalue weighted by molar-refractivity contribution is -0.211. The van der Waals surface area contributed by atoms with Crippen molar-refractivity contribution >= 4 is 0 Å². The van der Waals surface area contributed by atoms with Crippen LogP contribution in [0.5, 0.6) is 0 Å². The standard InChI is InChI=1S/C17H26F2O2/c18-16(19)14-6-2-12(3-7-14)13-4-8-15(9-5-13)17-20-10-1-11-21-17/h12-13,15,17H,1-11H2. The molecule has 21 heavy (non-hydrogen) atoms. The molecule has 0 radical (unpaired) electrons. The molecule has 0 amide bonds. The number of rotatable bonds is 2. The second-order valence-corrected chi connectivity index (χ2v) is 6.84. The Morgan fingerprint density at radius 1 is 0.762 bits per heavy atom. The predicted molar refractivity (Wildman–Crippen MR) is 77.0 cm³/mol. The molecule has 1 heterocycles. The molecule has 0 aromatic heterocycles. The number of ether oxygens (including phenoxy) is 2. The van der Waals surface area contributed by atoms with Gasteiger partial charge in [0.2, 0.25) is 0 Å². The number of hydrogen-bond donors (Lipinski definition) is 0. The van der Waals surface area contributed by atoms with E-state index in [0.717, 1.165) is 38.4 Å². The molecule has 0 bridgehead atoms. The predicted octanol–water partition coefficient (Wildman–Crippen LogP) is 4.90. The van der Waals surface area contributed by atoms with E-state index in [0.29, 0.717) is 30.3 Å². The minimum absolute atomic E-state index is 0.0150. The van der Waals surface area contributed by atoms with Crippen molar-refractivity contribution in [3.63, 3.8) is 0 Å². The molecular formula is C17H26F2O2. The highest BCUT2D eigenvalue weighted by atomic mass is 19.3. The number of hydrogen-bond acceptors (Lipinski definition) is 2. The maximum Gasteiger partial charge on any atom is 0.269 e. The van der Waals surface area contributed by atoms with Gasteiger partial charge in [0.05, 0.1) is 13.2 Å². The van der Waals surface area contributed by atoms with Crippen molar-refractivity contribution in [3.05, 3.63) is 11.7 Å². The highest BCUT2D eigenvalue weighted by Crippen LogP contribution is 2.43. The van der Waals surface area contributed by atoms with Crippen molar-refractivity contribution in [2.24, 2.45) is 17.8 Å². The summed E-state index contributed by atoms with van der Waals surface area (Å²) in [7, 11) is 0. The van der Waals surface area contributed by atoms with Gasteiger partial charge in [-0.2, -0.15) is 8.78 Å². The third-order valence-corrected chi connectivity index (χ3v) is 5.62. The summed E-state index contributed by atoms with van der Waals surface area (Å²) in [5.74, 6) is 1.93. The van der Waals surface area contributed by atoms with Crippen molar-refractivity contribution in [3.8, 4) is 0 Å². The van der Waals surface area contributed by atoms with Gasteiger partial charge in [-0.1, -0.05) is 0 Å². The van der Waals surface area contributed by atoms with Crippen LogP contribution in [-0.4, -0.2) is 19.5 Å². The monoisotopic (exact) mass is 300 g/mol. The molecule has 1 saturated heterocycles. The van der Waals surface area contributed by atoms with Crippen LogP contribution in [0.4, 0.5) is 8.78 Å². The van der Waals surface area contributed by atoms with Gasteiger partial charge in [0.1, 0.15) is 0 Å². The van der Waals surface area contributed by atoms with E-state index in [1.54, 1.807) is 0 Å². The van der Waals surface area contributed by atoms with Crippen LogP contribution >= 0.6 is 0 Å². The highest BCUT2D eigenvalue weighted by molar-refractivity contribution is 5.06. The Hall–Kier alpha value is -0.480. The van der Waals surface area contributed by atoms with Gasteiger partial charge in [0, 0.05) is 5.92 Å². The minimum Gasteiger partial charge on any atom is -0.352 e. The van der Waals surface area contributed by atoms with Crippen molar-refractivity contribution in [2.45, 2.75) is 64.1 Å². The topological polar surface area (TPSA) is 18.5 Å². The molecule has 2 nitrogen and oxygen atoms in total. The Morgan fingerprint density at radius 2 is 1.29 bits per heavy atom. The molecule has 0 N–H and O–H groups in total. The van der Waals surface area contributed by atoms with Crippen LogP contribution in [0.3, 0.4) is 0 Å². The van der Waals surface area contributed by atoms with Gasteiger partial charge >= 0.3 is 0 Å². The fraction of sp³-hybridized carbons (Fsp3) is 0.882. The van der Waals surface area contributed by atoms with E-state index in [2.05, 4.69) is 0 Å². The fourth-order valence-electron chi connectivity index (χ4n) is 4.32. The highest BCUT2D eigenvalue weighted by Gasteiger charge is 2.34. The van der Waals surface area contributed by atoms with E-state index >= 15 is 0 Å². The zero-order valence-electron chi connectivity index (χ0n) is 12.7. The van der Waals surface area contributed by atoms with Crippen molar-refractivity contribution < 1.29 is 18.3 Å². The molecule has 2 aliphatic carbocycles. The molecule has 3 aliphatic rings. The largest absolute Gasteiger partial charge is 0.352 e. The van der Waals surface area contributed by atoms with E-state index in [1.165, 1.54) is 25.7 Å². The average molecular weight is 300 g/mol. The summed E-state index contributed by atoms with van der Waals surface area (Å²) in [5, 5.41) is 0. The Bertz CT molecular complexity index is 355. The lowest BCUT2D eigenvalue weighted by Gasteiger charge is -2.39. The second-order valence-electron chi connectivity index (χ2n) is 6.84. The maximum absolute atomic E-state index is 12.6. The zero-order valence-corrected chi connectivity index (χ0v) is 12.7. The van der Waals surface area contributed by atoms with Crippen LogP contribution in [0.2, 0.25) is 0 Å². The molecule has 4 heteroatoms. The molecule has 0 aromatic rings. The lowest BCUT2D eigenvalue weighted by atomic mass is 9.70. The van der Waals surface area contributed by atoms with Crippen molar-refractivity contribution in [1.29, 1.82) is 0 Å². The molecular weight excluding hydrogens is 274 g/mol. The van der Waals surface area contributed by atoms with Gasteiger partial charge in [-0.25, -0.2) is 0 Å². The zero-order chi connectivity index (χ0) is 14.7. The quantitative estimate of drug-likeness (QED) is 0.722. The molecule has 3 fully saturated rings. The summed E-state index contributed by atoms with van der Waals surface area (Å²) in [4.78, 5) is 0. The Morgan fingerprint density at radius 3 is 1.86 bits per heavy atom. The first-order chi connectivity index (χ1) is 10.2. The SMILES string of the molecule is FC(F)=C1CCC(C2CCC(C3OCCCO3)CC2)CC1. The molecule has 0 atom stereocenters. The fourth-order valence-corrected chi connectivity index (χ4v) is 4.32. The van der Waals surface area contributed by atoms with Crippen LogP contribution in [0.15, 0.2) is 11.7 Å². The van der Waals surface area contributed by atoms with Gasteiger partial charge in [-0.05, 0) is 75.2 Å². The van der Waals surface area contributed by atoms with E-state index in [-0.39, 0.29) is 6.29 Å². The summed E-state index contributed by atoms with van der Waals surface area (Å²) >= 11 is 0. The average Bonchev–Trinajstić information content (AvgIpc) is 2.56. The molecule has 120 valence electrons. The van der Waals surface area contributed by atoms with Crippen molar-refractivity contribution in [2.75, 3.05) is 13.2 Å². The summed E-state index contributed by atoms with van der Waals surface area (Å²) in [5.41, 5.74) is 0.406. The smallest absolute Gasteiger partial charge is 0.269 e. The Kier molecular flexibility index (Phi) is 5.28. The number of allylic oxidation sites excluding steroid dienone is 1. The van der Waals surface area contributed by atoms with Gasteiger partial charge in [-0.3, -0.25) is 0 Å². The lowest BCUT2D eigenvalue weighted by Crippen LogP contribution is -2.35. The van der Waals surface area contributed by atoms with Gasteiger partial charge in [0.25, 0.3) is 6.08 Å². The van der Waals surface area contributed by atoms with Crippen LogP contribution in [0.25, 0.3) is 0 Å². The third kappa shape index (κ3) is 3.84. The summed E-state index contributed by atoms with van der Waals surface area (Å²) in [6.45, 7) is 1.66. The number of halogens is 2. The molecule has 2 saturated carbocycles. The maximum atomic E-state index is 12.6. The van der Waals surface area contributed by atoms with Crippen LogP contribution < -0.4 is 0 Å².